The predicted molar refractivity (Wildman–Crippen MR) is 201 cm³/mol. The van der Waals surface area contributed by atoms with Gasteiger partial charge in [0.25, 0.3) is 0 Å². The molecule has 1 aromatic carbocycles. The first-order valence-corrected chi connectivity index (χ1v) is 19.4. The Morgan fingerprint density at radius 2 is 1.68 bits per heavy atom. The Morgan fingerprint density at radius 3 is 2.36 bits per heavy atom. The van der Waals surface area contributed by atoms with Crippen LogP contribution < -0.4 is 9.80 Å². The largest absolute Gasteiger partial charge is 0.478 e. The average Bonchev–Trinajstić information content (AvgIpc) is 3.77. The molecule has 1 saturated carbocycles. The van der Waals surface area contributed by atoms with E-state index in [1.165, 1.54) is 71.7 Å². The molecule has 4 aliphatic heterocycles. The van der Waals surface area contributed by atoms with Crippen LogP contribution >= 0.6 is 0 Å². The Hall–Kier alpha value is -4.78. The maximum Gasteiger partial charge on any atom is 0.338 e. The lowest BCUT2D eigenvalue weighted by Gasteiger charge is -2.54. The maximum atomic E-state index is 12.6. The third-order valence-electron chi connectivity index (χ3n) is 12.9. The zero-order valence-electron chi connectivity index (χ0n) is 31.2. The number of aromatic nitrogens is 6. The van der Waals surface area contributed by atoms with Gasteiger partial charge in [-0.2, -0.15) is 10.2 Å². The number of fused-ring (bicyclic) bond motifs is 2. The third kappa shape index (κ3) is 6.16. The van der Waals surface area contributed by atoms with Gasteiger partial charge < -0.3 is 24.7 Å². The number of hydrogen-bond acceptors (Lipinski definition) is 9. The van der Waals surface area contributed by atoms with Gasteiger partial charge >= 0.3 is 5.97 Å². The van der Waals surface area contributed by atoms with Crippen LogP contribution in [0.4, 0.5) is 17.5 Å². The van der Waals surface area contributed by atoms with Gasteiger partial charge in [0.05, 0.1) is 24.3 Å². The van der Waals surface area contributed by atoms with Gasteiger partial charge in [0.1, 0.15) is 0 Å². The van der Waals surface area contributed by atoms with E-state index in [-0.39, 0.29) is 11.5 Å². The van der Waals surface area contributed by atoms with Crippen molar-refractivity contribution >= 4 is 29.3 Å². The minimum atomic E-state index is -0.997. The third-order valence-corrected chi connectivity index (χ3v) is 12.9. The van der Waals surface area contributed by atoms with Crippen molar-refractivity contribution in [3.05, 3.63) is 64.9 Å². The molecule has 9 rings (SSSR count). The quantitative estimate of drug-likeness (QED) is 0.286. The number of piperidine rings is 1. The first-order valence-electron chi connectivity index (χ1n) is 19.4. The summed E-state index contributed by atoms with van der Waals surface area (Å²) in [6, 6.07) is 5.68. The highest BCUT2D eigenvalue weighted by molar-refractivity contribution is 5.86. The van der Waals surface area contributed by atoms with Crippen molar-refractivity contribution in [2.24, 2.45) is 12.5 Å². The summed E-state index contributed by atoms with van der Waals surface area (Å²) in [5.41, 5.74) is 9.22. The van der Waals surface area contributed by atoms with Crippen molar-refractivity contribution in [1.29, 1.82) is 0 Å². The number of carbonyl (C=O) groups is 2. The molecule has 3 aromatic heterocycles. The second-order valence-corrected chi connectivity index (χ2v) is 16.3. The van der Waals surface area contributed by atoms with E-state index < -0.39 is 5.97 Å². The highest BCUT2D eigenvalue weighted by Gasteiger charge is 2.47. The Morgan fingerprint density at radius 1 is 0.925 bits per heavy atom. The van der Waals surface area contributed by atoms with E-state index in [9.17, 15) is 9.59 Å². The lowest BCUT2D eigenvalue weighted by atomic mass is 9.67. The predicted octanol–water partition coefficient (Wildman–Crippen LogP) is 5.16. The number of carboxylic acids is 1. The number of amides is 1. The molecule has 278 valence electrons. The molecule has 5 aliphatic rings. The molecule has 0 atom stereocenters. The summed E-state index contributed by atoms with van der Waals surface area (Å²) in [7, 11) is 1.96. The molecule has 0 bridgehead atoms. The van der Waals surface area contributed by atoms with E-state index in [2.05, 4.69) is 59.7 Å². The van der Waals surface area contributed by atoms with E-state index in [0.29, 0.717) is 30.0 Å². The lowest BCUT2D eigenvalue weighted by molar-refractivity contribution is -0.129. The molecule has 13 nitrogen and oxygen atoms in total. The fourth-order valence-electron chi connectivity index (χ4n) is 9.94. The molecule has 13 heteroatoms. The number of carboxylic acid groups (broad SMARTS) is 1. The summed E-state index contributed by atoms with van der Waals surface area (Å²) >= 11 is 0. The number of carbonyl (C=O) groups excluding carboxylic acids is 1. The first-order chi connectivity index (χ1) is 25.6. The molecule has 0 unspecified atom stereocenters. The van der Waals surface area contributed by atoms with Crippen molar-refractivity contribution in [3.8, 4) is 11.1 Å². The number of nitrogens with zero attached hydrogens (tertiary/aromatic N) is 10. The van der Waals surface area contributed by atoms with Crippen molar-refractivity contribution in [3.63, 3.8) is 0 Å². The number of benzene rings is 1. The summed E-state index contributed by atoms with van der Waals surface area (Å²) in [4.78, 5) is 41.8. The second kappa shape index (κ2) is 13.3. The van der Waals surface area contributed by atoms with Gasteiger partial charge in [-0.15, -0.1) is 0 Å². The summed E-state index contributed by atoms with van der Waals surface area (Å²) in [6.07, 6.45) is 16.8. The number of hydrogen-bond donors (Lipinski definition) is 1. The molecule has 1 aliphatic carbocycles. The minimum Gasteiger partial charge on any atom is -0.478 e. The molecule has 3 fully saturated rings. The van der Waals surface area contributed by atoms with Crippen LogP contribution in [0.3, 0.4) is 0 Å². The number of aromatic carboxylic acids is 1. The molecular formula is C40H50N10O3. The van der Waals surface area contributed by atoms with Crippen LogP contribution in [-0.2, 0) is 31.2 Å². The Kier molecular flexibility index (Phi) is 8.51. The van der Waals surface area contributed by atoms with E-state index in [1.54, 1.807) is 6.92 Å². The van der Waals surface area contributed by atoms with Crippen LogP contribution in [0.2, 0.25) is 0 Å². The molecule has 53 heavy (non-hydrogen) atoms. The molecule has 1 N–H and O–H groups in total. The van der Waals surface area contributed by atoms with Gasteiger partial charge in [-0.3, -0.25) is 14.2 Å². The smallest absolute Gasteiger partial charge is 0.338 e. The number of anilines is 3. The van der Waals surface area contributed by atoms with Gasteiger partial charge in [0, 0.05) is 112 Å². The van der Waals surface area contributed by atoms with Gasteiger partial charge in [-0.25, -0.2) is 14.8 Å². The normalized spacial score (nSPS) is 20.7. The van der Waals surface area contributed by atoms with Crippen molar-refractivity contribution in [1.82, 2.24) is 39.3 Å². The summed E-state index contributed by atoms with van der Waals surface area (Å²) in [6.45, 7) is 10.3. The van der Waals surface area contributed by atoms with E-state index in [4.69, 9.17) is 10.2 Å². The summed E-state index contributed by atoms with van der Waals surface area (Å²) < 4.78 is 4.25. The van der Waals surface area contributed by atoms with Gasteiger partial charge in [0.2, 0.25) is 11.9 Å². The van der Waals surface area contributed by atoms with Crippen LogP contribution in [0.1, 0.15) is 90.7 Å². The Bertz CT molecular complexity index is 2030. The standard InChI is InChI=1S/C40H50N10O3/c1-26-17-36-28(18-33(26)30-21-43-45(3)22-30)5-4-13-49(36)37-34-23-47(27(2)51)16-10-35(34)50(44-37)32-8-14-46(15-9-32)31-6-11-40(12-7-31)24-48(25-40)39-41-19-29(20-42-39)38(52)53/h17-22,31-32H,4-16,23-25H2,1-3H3,(H,52,53). The SMILES string of the molecule is CC(=O)N1CCc2c(c(N3CCCc4cc(-c5cnn(C)c5)c(C)cc43)nn2C2CCN(C3CCC4(CC3)CN(c3ncc(C(=O)O)cn3)C4)CC2)C1. The second-order valence-electron chi connectivity index (χ2n) is 16.3. The van der Waals surface area contributed by atoms with Crippen molar-refractivity contribution in [2.45, 2.75) is 90.3 Å². The molecule has 0 radical (unpaired) electrons. The fraction of sp³-hybridized carbons (Fsp3) is 0.550. The van der Waals surface area contributed by atoms with Crippen LogP contribution in [0.15, 0.2) is 36.9 Å². The number of rotatable bonds is 6. The van der Waals surface area contributed by atoms with Crippen LogP contribution in [-0.4, -0.2) is 102 Å². The minimum absolute atomic E-state index is 0.125. The monoisotopic (exact) mass is 718 g/mol. The lowest BCUT2D eigenvalue weighted by Crippen LogP contribution is -2.59. The molecule has 2 saturated heterocycles. The fourth-order valence-corrected chi connectivity index (χ4v) is 9.94. The highest BCUT2D eigenvalue weighted by atomic mass is 16.4. The number of aryl methyl sites for hydroxylation is 3. The first kappa shape index (κ1) is 34.0. The highest BCUT2D eigenvalue weighted by Crippen LogP contribution is 2.47. The zero-order valence-corrected chi connectivity index (χ0v) is 31.2. The van der Waals surface area contributed by atoms with Crippen molar-refractivity contribution < 1.29 is 14.7 Å². The van der Waals surface area contributed by atoms with E-state index >= 15 is 0 Å². The Balaban J connectivity index is 0.889. The van der Waals surface area contributed by atoms with Crippen LogP contribution in [0, 0.1) is 12.3 Å². The average molecular weight is 719 g/mol. The maximum absolute atomic E-state index is 12.6. The van der Waals surface area contributed by atoms with Crippen LogP contribution in [0.25, 0.3) is 11.1 Å². The molecular weight excluding hydrogens is 669 g/mol. The van der Waals surface area contributed by atoms with Gasteiger partial charge in [-0.05, 0) is 87.1 Å². The molecule has 1 spiro atoms. The molecule has 1 amide bonds. The van der Waals surface area contributed by atoms with E-state index in [1.807, 2.05) is 22.8 Å². The van der Waals surface area contributed by atoms with Gasteiger partial charge in [0.15, 0.2) is 5.82 Å². The van der Waals surface area contributed by atoms with Gasteiger partial charge in [-0.1, -0.05) is 0 Å². The van der Waals surface area contributed by atoms with E-state index in [0.717, 1.165) is 82.8 Å². The molecule has 4 aromatic rings. The molecule has 7 heterocycles. The van der Waals surface area contributed by atoms with Crippen molar-refractivity contribution in [2.75, 3.05) is 49.1 Å². The summed E-state index contributed by atoms with van der Waals surface area (Å²) in [5, 5.41) is 19.1. The topological polar surface area (TPSA) is 129 Å². The zero-order chi connectivity index (χ0) is 36.4. The number of likely N-dealkylation sites (tertiary alicyclic amines) is 1. The summed E-state index contributed by atoms with van der Waals surface area (Å²) in [5.74, 6) is 0.810. The van der Waals surface area contributed by atoms with Crippen LogP contribution in [0.5, 0.6) is 0 Å². The Labute approximate surface area is 310 Å².